The molecule has 1 rings (SSSR count). The molecular formula is C24H37O8-. The smallest absolute Gasteiger partial charge is 0.506 e. The van der Waals surface area contributed by atoms with Gasteiger partial charge < -0.3 is 28.5 Å². The average Bonchev–Trinajstić information content (AvgIpc) is 2.77. The van der Waals surface area contributed by atoms with Crippen LogP contribution in [0.25, 0.3) is 0 Å². The Morgan fingerprint density at radius 3 is 2.19 bits per heavy atom. The van der Waals surface area contributed by atoms with E-state index in [9.17, 15) is 19.5 Å². The molecule has 2 atom stereocenters. The maximum absolute atomic E-state index is 12.4. The Morgan fingerprint density at radius 1 is 1.00 bits per heavy atom. The Bertz CT molecular complexity index is 755. The second-order valence-electron chi connectivity index (χ2n) is 8.07. The van der Waals surface area contributed by atoms with Crippen LogP contribution in [0.3, 0.4) is 0 Å². The lowest BCUT2D eigenvalue weighted by Crippen LogP contribution is -2.29. The third-order valence-electron chi connectivity index (χ3n) is 5.54. The first-order valence-electron chi connectivity index (χ1n) is 11.7. The molecule has 8 nitrogen and oxygen atoms in total. The van der Waals surface area contributed by atoms with Crippen LogP contribution in [-0.4, -0.2) is 18.9 Å². The summed E-state index contributed by atoms with van der Waals surface area (Å²) in [6, 6.07) is 1.05. The molecule has 0 aliphatic rings. The lowest BCUT2D eigenvalue weighted by molar-refractivity contribution is -0.271. The topological polar surface area (TPSA) is 115 Å². The zero-order valence-corrected chi connectivity index (χ0v) is 19.8. The van der Waals surface area contributed by atoms with Crippen LogP contribution in [0.4, 0.5) is 9.59 Å². The van der Waals surface area contributed by atoms with E-state index in [0.29, 0.717) is 6.42 Å². The van der Waals surface area contributed by atoms with Crippen LogP contribution < -0.4 is 15.3 Å². The van der Waals surface area contributed by atoms with Gasteiger partial charge >= 0.3 is 6.16 Å². The molecule has 0 saturated carbocycles. The van der Waals surface area contributed by atoms with Crippen molar-refractivity contribution < 1.29 is 33.3 Å². The second-order valence-corrected chi connectivity index (χ2v) is 8.07. The lowest BCUT2D eigenvalue weighted by atomic mass is 9.94. The molecule has 1 heterocycles. The molecule has 0 aliphatic heterocycles. The van der Waals surface area contributed by atoms with Gasteiger partial charge in [-0.05, 0) is 18.3 Å². The molecule has 0 N–H and O–H groups in total. The summed E-state index contributed by atoms with van der Waals surface area (Å²) in [7, 11) is 0. The van der Waals surface area contributed by atoms with Crippen molar-refractivity contribution in [3.63, 3.8) is 0 Å². The van der Waals surface area contributed by atoms with Gasteiger partial charge in [0, 0.05) is 12.5 Å². The molecule has 8 heteroatoms. The minimum Gasteiger partial charge on any atom is -0.506 e. The first kappa shape index (κ1) is 27.5. The fourth-order valence-electron chi connectivity index (χ4n) is 3.44. The standard InChI is InChI=1S/C24H38O8/c1-5-9-11-17(7-3)13-21-22(32-23(26)27)20(25)14-19(31-21)16-30-24(28)29-15-18(8-4)12-10-6-2/h14,17-18H,5-13,15-16H2,1-4H3,(H,26,27)/p-1. The van der Waals surface area contributed by atoms with E-state index in [0.717, 1.165) is 57.4 Å². The summed E-state index contributed by atoms with van der Waals surface area (Å²) in [6.07, 6.45) is 5.47. The molecule has 1 aromatic rings. The Labute approximate surface area is 190 Å². The van der Waals surface area contributed by atoms with Crippen molar-refractivity contribution in [1.82, 2.24) is 0 Å². The van der Waals surface area contributed by atoms with Gasteiger partial charge in [-0.15, -0.1) is 0 Å². The molecular weight excluding hydrogens is 416 g/mol. The van der Waals surface area contributed by atoms with E-state index in [2.05, 4.69) is 18.6 Å². The molecule has 1 aromatic heterocycles. The summed E-state index contributed by atoms with van der Waals surface area (Å²) in [6.45, 7) is 8.24. The number of rotatable bonds is 15. The molecule has 0 aromatic carbocycles. The normalized spacial score (nSPS) is 12.8. The number of carboxylic acid groups (broad SMARTS) is 1. The highest BCUT2D eigenvalue weighted by Crippen LogP contribution is 2.24. The lowest BCUT2D eigenvalue weighted by Gasteiger charge is -2.18. The number of unbranched alkanes of at least 4 members (excludes halogenated alkanes) is 2. The van der Waals surface area contributed by atoms with Gasteiger partial charge in [-0.3, -0.25) is 4.79 Å². The van der Waals surface area contributed by atoms with Crippen molar-refractivity contribution in [3.8, 4) is 5.75 Å². The average molecular weight is 454 g/mol. The summed E-state index contributed by atoms with van der Waals surface area (Å²) < 4.78 is 20.6. The highest BCUT2D eigenvalue weighted by Gasteiger charge is 2.18. The van der Waals surface area contributed by atoms with Gasteiger partial charge in [0.25, 0.3) is 6.16 Å². The van der Waals surface area contributed by atoms with Gasteiger partial charge in [-0.2, -0.15) is 0 Å². The van der Waals surface area contributed by atoms with E-state index < -0.39 is 23.5 Å². The Morgan fingerprint density at radius 2 is 1.62 bits per heavy atom. The third kappa shape index (κ3) is 10.2. The first-order chi connectivity index (χ1) is 15.3. The second kappa shape index (κ2) is 15.3. The maximum Gasteiger partial charge on any atom is 0.508 e. The maximum atomic E-state index is 12.4. The van der Waals surface area contributed by atoms with E-state index in [-0.39, 0.29) is 36.6 Å². The molecule has 182 valence electrons. The SMILES string of the molecule is CCCCC(CC)COC(=O)OCc1cc(=O)c(OC(=O)[O-])c(CC(CC)CCCC)o1. The zero-order chi connectivity index (χ0) is 23.9. The van der Waals surface area contributed by atoms with E-state index in [4.69, 9.17) is 13.9 Å². The molecule has 0 saturated heterocycles. The molecule has 0 fully saturated rings. The molecule has 32 heavy (non-hydrogen) atoms. The van der Waals surface area contributed by atoms with Crippen molar-refractivity contribution in [2.45, 2.75) is 92.1 Å². The summed E-state index contributed by atoms with van der Waals surface area (Å²) in [5, 5.41) is 10.9. The van der Waals surface area contributed by atoms with E-state index in [1.165, 1.54) is 0 Å². The first-order valence-corrected chi connectivity index (χ1v) is 11.7. The van der Waals surface area contributed by atoms with Gasteiger partial charge in [-0.25, -0.2) is 4.79 Å². The van der Waals surface area contributed by atoms with Crippen LogP contribution in [0.2, 0.25) is 0 Å². The quantitative estimate of drug-likeness (QED) is 0.341. The summed E-state index contributed by atoms with van der Waals surface area (Å²) >= 11 is 0. The van der Waals surface area contributed by atoms with Gasteiger partial charge in [0.1, 0.15) is 17.3 Å². The summed E-state index contributed by atoms with van der Waals surface area (Å²) in [4.78, 5) is 35.3. The van der Waals surface area contributed by atoms with E-state index >= 15 is 0 Å². The number of hydrogen-bond donors (Lipinski definition) is 0. The number of ether oxygens (including phenoxy) is 3. The number of carbonyl (C=O) groups is 2. The van der Waals surface area contributed by atoms with Gasteiger partial charge in [0.15, 0.2) is 6.61 Å². The van der Waals surface area contributed by atoms with E-state index in [1.807, 2.05) is 13.8 Å². The van der Waals surface area contributed by atoms with Gasteiger partial charge in [-0.1, -0.05) is 72.6 Å². The summed E-state index contributed by atoms with van der Waals surface area (Å²) in [5.41, 5.74) is -0.668. The van der Waals surface area contributed by atoms with Crippen LogP contribution in [0, 0.1) is 11.8 Å². The van der Waals surface area contributed by atoms with Gasteiger partial charge in [0.2, 0.25) is 5.43 Å². The molecule has 0 aliphatic carbocycles. The minimum absolute atomic E-state index is 0.0935. The van der Waals surface area contributed by atoms with Crippen molar-refractivity contribution in [2.75, 3.05) is 6.61 Å². The number of carbonyl (C=O) groups excluding carboxylic acids is 2. The molecule has 2 unspecified atom stereocenters. The Balaban J connectivity index is 2.85. The van der Waals surface area contributed by atoms with Crippen molar-refractivity contribution >= 4 is 12.3 Å². The highest BCUT2D eigenvalue weighted by atomic mass is 16.7. The van der Waals surface area contributed by atoms with Crippen molar-refractivity contribution in [1.29, 1.82) is 0 Å². The largest absolute Gasteiger partial charge is 0.508 e. The molecule has 0 spiro atoms. The van der Waals surface area contributed by atoms with Crippen molar-refractivity contribution in [3.05, 3.63) is 27.8 Å². The van der Waals surface area contributed by atoms with Crippen LogP contribution in [0.15, 0.2) is 15.3 Å². The van der Waals surface area contributed by atoms with E-state index in [1.54, 1.807) is 0 Å². The molecule has 0 amide bonds. The Hall–Kier alpha value is -2.51. The van der Waals surface area contributed by atoms with Crippen molar-refractivity contribution in [2.24, 2.45) is 11.8 Å². The van der Waals surface area contributed by atoms with Gasteiger partial charge in [0.05, 0.1) is 6.61 Å². The monoisotopic (exact) mass is 453 g/mol. The molecule has 0 bridgehead atoms. The Kier molecular flexibility index (Phi) is 13.2. The van der Waals surface area contributed by atoms with Crippen LogP contribution in [0.1, 0.15) is 90.6 Å². The third-order valence-corrected chi connectivity index (χ3v) is 5.54. The fourth-order valence-corrected chi connectivity index (χ4v) is 3.44. The highest BCUT2D eigenvalue weighted by molar-refractivity contribution is 5.60. The van der Waals surface area contributed by atoms with Crippen LogP contribution >= 0.6 is 0 Å². The minimum atomic E-state index is -1.83. The predicted octanol–water partition coefficient (Wildman–Crippen LogP) is 4.99. The fraction of sp³-hybridized carbons (Fsp3) is 0.708. The van der Waals surface area contributed by atoms with Crippen LogP contribution in [-0.2, 0) is 22.5 Å². The predicted molar refractivity (Wildman–Crippen MR) is 117 cm³/mol. The summed E-state index contributed by atoms with van der Waals surface area (Å²) in [5.74, 6) is 0.283. The van der Waals surface area contributed by atoms with Crippen LogP contribution in [0.5, 0.6) is 5.75 Å². The number of hydrogen-bond acceptors (Lipinski definition) is 8. The molecule has 0 radical (unpaired) electrons. The zero-order valence-electron chi connectivity index (χ0n) is 19.8.